The maximum Gasteiger partial charge on any atom is 0.186 e. The molecule has 0 aromatic heterocycles. The highest BCUT2D eigenvalue weighted by molar-refractivity contribution is 5.76. The Morgan fingerprint density at radius 1 is 0.774 bits per heavy atom. The Hall–Kier alpha value is -2.47. The SMILES string of the molecule is NC[C@H]1O[C@H](O[C@H]2[C@H](O)[C@@H](O)[C@H](N=C(N)N)C[C@@H]2N=C(N)N)[C@H](N=C(N)N)[C@@H](O)[C@@H]1O. The molecular weight excluding hydrogens is 416 g/mol. The van der Waals surface area contributed by atoms with Crippen molar-refractivity contribution in [3.8, 4) is 0 Å². The summed E-state index contributed by atoms with van der Waals surface area (Å²) in [5, 5.41) is 41.8. The van der Waals surface area contributed by atoms with Crippen molar-refractivity contribution in [2.45, 2.75) is 67.5 Å². The van der Waals surface area contributed by atoms with Crippen LogP contribution in [0, 0.1) is 0 Å². The molecule has 10 atom stereocenters. The molecule has 16 nitrogen and oxygen atoms in total. The standard InChI is InChI=1S/C15H32N10O6/c16-2-5-8(27)9(28)6(25-15(21)22)12(30-5)31-11-4(24-14(19)20)1-3(23-13(17)18)7(26)10(11)29/h3-12,26-29H,1-2,16H2,(H4,17,18,23)(H4,19,20,24)(H4,21,22,25)/t3-,4+,5-,6-,7+,8-,9-,10-,11-,12-/m1/s1. The van der Waals surface area contributed by atoms with Crippen molar-refractivity contribution >= 4 is 17.9 Å². The maximum absolute atomic E-state index is 10.7. The average molecular weight is 448 g/mol. The largest absolute Gasteiger partial charge is 0.388 e. The molecule has 1 heterocycles. The normalized spacial score (nSPS) is 40.5. The summed E-state index contributed by atoms with van der Waals surface area (Å²) < 4.78 is 11.5. The monoisotopic (exact) mass is 448 g/mol. The van der Waals surface area contributed by atoms with Gasteiger partial charge in [0, 0.05) is 6.54 Å². The second-order valence-electron chi connectivity index (χ2n) is 7.36. The zero-order valence-corrected chi connectivity index (χ0v) is 16.7. The number of nitrogens with two attached hydrogens (primary N) is 7. The lowest BCUT2D eigenvalue weighted by atomic mass is 9.84. The minimum Gasteiger partial charge on any atom is -0.388 e. The van der Waals surface area contributed by atoms with Crippen molar-refractivity contribution in [2.75, 3.05) is 6.54 Å². The van der Waals surface area contributed by atoms with Crippen LogP contribution in [0.1, 0.15) is 6.42 Å². The van der Waals surface area contributed by atoms with Gasteiger partial charge in [0.2, 0.25) is 0 Å². The number of nitrogens with zero attached hydrogens (tertiary/aromatic N) is 3. The maximum atomic E-state index is 10.7. The quantitative estimate of drug-likeness (QED) is 0.133. The smallest absolute Gasteiger partial charge is 0.186 e. The Bertz CT molecular complexity index is 696. The molecule has 1 saturated heterocycles. The number of aliphatic hydroxyl groups excluding tert-OH is 4. The molecule has 0 aromatic rings. The number of hydrogen-bond donors (Lipinski definition) is 11. The van der Waals surface area contributed by atoms with Gasteiger partial charge in [-0.2, -0.15) is 0 Å². The molecule has 1 aliphatic heterocycles. The number of aliphatic imine (C=N–C) groups is 3. The molecule has 0 spiro atoms. The van der Waals surface area contributed by atoms with Gasteiger partial charge in [-0.3, -0.25) is 0 Å². The van der Waals surface area contributed by atoms with Crippen LogP contribution < -0.4 is 40.1 Å². The third-order valence-electron chi connectivity index (χ3n) is 5.06. The van der Waals surface area contributed by atoms with Crippen LogP contribution in [-0.4, -0.2) is 106 Å². The van der Waals surface area contributed by atoms with E-state index in [0.717, 1.165) is 0 Å². The van der Waals surface area contributed by atoms with Gasteiger partial charge < -0.3 is 70.0 Å². The fraction of sp³-hybridized carbons (Fsp3) is 0.800. The Kier molecular flexibility index (Phi) is 8.18. The van der Waals surface area contributed by atoms with Crippen LogP contribution in [0.15, 0.2) is 15.0 Å². The van der Waals surface area contributed by atoms with Crippen LogP contribution >= 0.6 is 0 Å². The van der Waals surface area contributed by atoms with E-state index < -0.39 is 67.0 Å². The van der Waals surface area contributed by atoms with Crippen LogP contribution in [0.2, 0.25) is 0 Å². The molecular formula is C15H32N10O6. The molecule has 16 heteroatoms. The first-order valence-electron chi connectivity index (χ1n) is 9.45. The molecule has 18 N–H and O–H groups in total. The molecule has 0 radical (unpaired) electrons. The third kappa shape index (κ3) is 5.82. The van der Waals surface area contributed by atoms with E-state index >= 15 is 0 Å². The minimum absolute atomic E-state index is 0.00384. The average Bonchev–Trinajstić information content (AvgIpc) is 2.66. The predicted octanol–water partition coefficient (Wildman–Crippen LogP) is -7.17. The van der Waals surface area contributed by atoms with E-state index in [1.807, 2.05) is 0 Å². The Balaban J connectivity index is 2.37. The molecule has 1 aliphatic carbocycles. The van der Waals surface area contributed by atoms with Crippen LogP contribution in [0.3, 0.4) is 0 Å². The summed E-state index contributed by atoms with van der Waals surface area (Å²) in [6.45, 7) is -0.160. The number of ether oxygens (including phenoxy) is 2. The number of hydrogen-bond acceptors (Lipinski definition) is 10. The molecule has 2 rings (SSSR count). The third-order valence-corrected chi connectivity index (χ3v) is 5.06. The molecule has 0 aromatic carbocycles. The summed E-state index contributed by atoms with van der Waals surface area (Å²) in [5.74, 6) is -1.02. The number of guanidine groups is 3. The molecule has 178 valence electrons. The summed E-state index contributed by atoms with van der Waals surface area (Å²) in [6.07, 6.45) is -9.56. The van der Waals surface area contributed by atoms with Gasteiger partial charge in [-0.25, -0.2) is 15.0 Å². The van der Waals surface area contributed by atoms with Crippen molar-refractivity contribution in [1.29, 1.82) is 0 Å². The van der Waals surface area contributed by atoms with Gasteiger partial charge in [0.15, 0.2) is 24.2 Å². The molecule has 2 aliphatic rings. The lowest BCUT2D eigenvalue weighted by Gasteiger charge is -2.45. The molecule has 0 amide bonds. The number of rotatable bonds is 6. The second kappa shape index (κ2) is 10.2. The van der Waals surface area contributed by atoms with E-state index in [2.05, 4.69) is 15.0 Å². The van der Waals surface area contributed by atoms with E-state index in [9.17, 15) is 20.4 Å². The first kappa shape index (κ1) is 24.8. The van der Waals surface area contributed by atoms with Crippen molar-refractivity contribution in [3.05, 3.63) is 0 Å². The molecule has 0 unspecified atom stereocenters. The van der Waals surface area contributed by atoms with Crippen molar-refractivity contribution in [1.82, 2.24) is 0 Å². The van der Waals surface area contributed by atoms with Gasteiger partial charge in [0.25, 0.3) is 0 Å². The Morgan fingerprint density at radius 2 is 1.32 bits per heavy atom. The molecule has 0 bridgehead atoms. The van der Waals surface area contributed by atoms with Crippen LogP contribution in [0.5, 0.6) is 0 Å². The summed E-state index contributed by atoms with van der Waals surface area (Å²) in [5.41, 5.74) is 38.2. The highest BCUT2D eigenvalue weighted by Crippen LogP contribution is 2.32. The fourth-order valence-corrected chi connectivity index (χ4v) is 3.67. The zero-order chi connectivity index (χ0) is 23.5. The first-order valence-corrected chi connectivity index (χ1v) is 9.45. The van der Waals surface area contributed by atoms with E-state index in [1.54, 1.807) is 0 Å². The topological polar surface area (TPSA) is 319 Å². The summed E-state index contributed by atoms with van der Waals surface area (Å²) in [6, 6.07) is -3.11. The van der Waals surface area contributed by atoms with Crippen molar-refractivity contribution in [2.24, 2.45) is 55.1 Å². The number of aliphatic hydroxyl groups is 4. The van der Waals surface area contributed by atoms with Gasteiger partial charge in [-0.05, 0) is 6.42 Å². The van der Waals surface area contributed by atoms with Crippen molar-refractivity contribution in [3.63, 3.8) is 0 Å². The Labute approximate surface area is 177 Å². The molecule has 1 saturated carbocycles. The molecule has 31 heavy (non-hydrogen) atoms. The fourth-order valence-electron chi connectivity index (χ4n) is 3.67. The van der Waals surface area contributed by atoms with E-state index in [0.29, 0.717) is 0 Å². The Morgan fingerprint density at radius 3 is 1.84 bits per heavy atom. The van der Waals surface area contributed by atoms with Gasteiger partial charge in [0.1, 0.15) is 42.7 Å². The second-order valence-corrected chi connectivity index (χ2v) is 7.36. The minimum atomic E-state index is -1.57. The lowest BCUT2D eigenvalue weighted by Crippen LogP contribution is -2.63. The highest BCUT2D eigenvalue weighted by Gasteiger charge is 2.50. The highest BCUT2D eigenvalue weighted by atomic mass is 16.7. The van der Waals surface area contributed by atoms with Gasteiger partial charge in [-0.1, -0.05) is 0 Å². The van der Waals surface area contributed by atoms with Gasteiger partial charge in [-0.15, -0.1) is 0 Å². The van der Waals surface area contributed by atoms with Gasteiger partial charge >= 0.3 is 0 Å². The first-order chi connectivity index (χ1) is 14.5. The van der Waals surface area contributed by atoms with E-state index in [-0.39, 0.29) is 24.9 Å². The van der Waals surface area contributed by atoms with Crippen molar-refractivity contribution < 1.29 is 29.9 Å². The van der Waals surface area contributed by atoms with Crippen LogP contribution in [0.4, 0.5) is 0 Å². The lowest BCUT2D eigenvalue weighted by molar-refractivity contribution is -0.287. The summed E-state index contributed by atoms with van der Waals surface area (Å²) in [7, 11) is 0. The zero-order valence-electron chi connectivity index (χ0n) is 16.7. The van der Waals surface area contributed by atoms with Crippen LogP contribution in [0.25, 0.3) is 0 Å². The summed E-state index contributed by atoms with van der Waals surface area (Å²) >= 11 is 0. The predicted molar refractivity (Wildman–Crippen MR) is 110 cm³/mol. The van der Waals surface area contributed by atoms with Crippen LogP contribution in [-0.2, 0) is 9.47 Å². The van der Waals surface area contributed by atoms with E-state index in [1.165, 1.54) is 0 Å². The molecule has 2 fully saturated rings. The van der Waals surface area contributed by atoms with Gasteiger partial charge in [0.05, 0.1) is 12.1 Å². The van der Waals surface area contributed by atoms with E-state index in [4.69, 9.17) is 49.6 Å². The summed E-state index contributed by atoms with van der Waals surface area (Å²) in [4.78, 5) is 11.8.